The summed E-state index contributed by atoms with van der Waals surface area (Å²) in [5, 5.41) is 5.62. The van der Waals surface area contributed by atoms with Gasteiger partial charge in [0.05, 0.1) is 5.69 Å². The predicted molar refractivity (Wildman–Crippen MR) is 122 cm³/mol. The normalized spacial score (nSPS) is 10.7. The molecule has 0 aliphatic heterocycles. The molecule has 0 atom stereocenters. The Morgan fingerprint density at radius 1 is 0.806 bits per heavy atom. The number of hydrogen-bond donors (Lipinski definition) is 2. The number of nitrogens with zero attached hydrogens (tertiary/aromatic N) is 2. The van der Waals surface area contributed by atoms with Crippen LogP contribution in [0.4, 0.5) is 0 Å². The number of carbonyl (C=O) groups is 2. The molecule has 156 valence electrons. The Hall–Kier alpha value is -3.58. The minimum Gasteiger partial charge on any atom is -0.350 e. The van der Waals surface area contributed by atoms with Gasteiger partial charge in [0.1, 0.15) is 5.65 Å². The summed E-state index contributed by atoms with van der Waals surface area (Å²) >= 11 is 1.68. The highest BCUT2D eigenvalue weighted by molar-refractivity contribution is 7.98. The number of aromatic nitrogens is 2. The van der Waals surface area contributed by atoms with Crippen molar-refractivity contribution in [1.82, 2.24) is 20.0 Å². The summed E-state index contributed by atoms with van der Waals surface area (Å²) in [6.45, 7) is 0.730. The number of fused-ring (bicyclic) bond motifs is 1. The van der Waals surface area contributed by atoms with Gasteiger partial charge in [-0.2, -0.15) is 0 Å². The van der Waals surface area contributed by atoms with Crippen molar-refractivity contribution in [2.45, 2.75) is 10.6 Å². The van der Waals surface area contributed by atoms with Gasteiger partial charge in [-0.1, -0.05) is 24.3 Å². The first-order valence-electron chi connectivity index (χ1n) is 9.96. The Morgan fingerprint density at radius 3 is 2.13 bits per heavy atom. The third kappa shape index (κ3) is 5.52. The molecule has 2 aromatic heterocycles. The average Bonchev–Trinajstić information content (AvgIpc) is 3.24. The van der Waals surface area contributed by atoms with Crippen molar-refractivity contribution in [3.8, 4) is 0 Å². The molecule has 4 aromatic rings. The summed E-state index contributed by atoms with van der Waals surface area (Å²) in [7, 11) is 0. The smallest absolute Gasteiger partial charge is 0.251 e. The first kappa shape index (κ1) is 20.7. The topological polar surface area (TPSA) is 75.5 Å². The molecule has 0 radical (unpaired) electrons. The van der Waals surface area contributed by atoms with Crippen LogP contribution in [0.25, 0.3) is 5.65 Å². The number of amides is 2. The lowest BCUT2D eigenvalue weighted by Gasteiger charge is -2.08. The molecular weight excluding hydrogens is 408 g/mol. The highest BCUT2D eigenvalue weighted by atomic mass is 32.2. The van der Waals surface area contributed by atoms with Crippen molar-refractivity contribution in [3.63, 3.8) is 0 Å². The first-order valence-corrected chi connectivity index (χ1v) is 10.9. The molecule has 0 saturated carbocycles. The molecule has 0 spiro atoms. The molecule has 2 aromatic carbocycles. The number of carbonyl (C=O) groups excluding carboxylic acids is 2. The van der Waals surface area contributed by atoms with Crippen molar-refractivity contribution in [2.24, 2.45) is 0 Å². The van der Waals surface area contributed by atoms with E-state index >= 15 is 0 Å². The molecule has 0 saturated heterocycles. The van der Waals surface area contributed by atoms with Crippen LogP contribution in [0, 0.1) is 0 Å². The minimum absolute atomic E-state index is 0.151. The second-order valence-electron chi connectivity index (χ2n) is 6.89. The second kappa shape index (κ2) is 9.95. The fraction of sp³-hybridized carbons (Fsp3) is 0.125. The second-order valence-corrected chi connectivity index (χ2v) is 7.94. The van der Waals surface area contributed by atoms with Gasteiger partial charge in [0, 0.05) is 47.3 Å². The van der Waals surface area contributed by atoms with Crippen LogP contribution < -0.4 is 10.6 Å². The lowest BCUT2D eigenvalue weighted by Crippen LogP contribution is -2.34. The SMILES string of the molecule is O=C(NCCNC(=O)c1ccc(SCc2cn3ccccc3n2)cc1)c1ccccc1. The molecular formula is C24H22N4O2S. The van der Waals surface area contributed by atoms with Gasteiger partial charge in [0.15, 0.2) is 0 Å². The van der Waals surface area contributed by atoms with Crippen LogP contribution in [0.5, 0.6) is 0 Å². The van der Waals surface area contributed by atoms with E-state index in [2.05, 4.69) is 15.6 Å². The van der Waals surface area contributed by atoms with Crippen LogP contribution in [0.2, 0.25) is 0 Å². The van der Waals surface area contributed by atoms with E-state index in [1.165, 1.54) is 0 Å². The van der Waals surface area contributed by atoms with E-state index in [4.69, 9.17) is 0 Å². The Bertz CT molecular complexity index is 1140. The average molecular weight is 431 g/mol. The van der Waals surface area contributed by atoms with Crippen LogP contribution in [0.1, 0.15) is 26.4 Å². The number of nitrogens with one attached hydrogen (secondary N) is 2. The Morgan fingerprint density at radius 2 is 1.45 bits per heavy atom. The standard InChI is InChI=1S/C24H22N4O2S/c29-23(18-6-2-1-3-7-18)25-13-14-26-24(30)19-9-11-21(12-10-19)31-17-20-16-28-15-5-4-8-22(28)27-20/h1-12,15-16H,13-14,17H2,(H,25,29)(H,26,30). The molecule has 7 heteroatoms. The molecule has 2 heterocycles. The lowest BCUT2D eigenvalue weighted by atomic mass is 10.2. The van der Waals surface area contributed by atoms with E-state index in [1.807, 2.05) is 77.5 Å². The number of thioether (sulfide) groups is 1. The van der Waals surface area contributed by atoms with Crippen LogP contribution in [-0.4, -0.2) is 34.3 Å². The van der Waals surface area contributed by atoms with Crippen molar-refractivity contribution in [1.29, 1.82) is 0 Å². The number of rotatable bonds is 8. The van der Waals surface area contributed by atoms with Crippen LogP contribution >= 0.6 is 11.8 Å². The number of hydrogen-bond acceptors (Lipinski definition) is 4. The molecule has 6 nitrogen and oxygen atoms in total. The highest BCUT2D eigenvalue weighted by Gasteiger charge is 2.07. The van der Waals surface area contributed by atoms with E-state index in [0.29, 0.717) is 24.2 Å². The molecule has 4 rings (SSSR count). The summed E-state index contributed by atoms with van der Waals surface area (Å²) in [6, 6.07) is 22.4. The van der Waals surface area contributed by atoms with E-state index in [9.17, 15) is 9.59 Å². The van der Waals surface area contributed by atoms with E-state index in [0.717, 1.165) is 22.0 Å². The zero-order chi connectivity index (χ0) is 21.5. The summed E-state index contributed by atoms with van der Waals surface area (Å²) in [5.41, 5.74) is 3.14. The highest BCUT2D eigenvalue weighted by Crippen LogP contribution is 2.23. The summed E-state index contributed by atoms with van der Waals surface area (Å²) in [6.07, 6.45) is 4.01. The zero-order valence-electron chi connectivity index (χ0n) is 16.8. The predicted octanol–water partition coefficient (Wildman–Crippen LogP) is 3.79. The molecule has 2 amide bonds. The van der Waals surface area contributed by atoms with E-state index in [-0.39, 0.29) is 11.8 Å². The largest absolute Gasteiger partial charge is 0.350 e. The van der Waals surface area contributed by atoms with Crippen LogP contribution in [0.15, 0.2) is 90.1 Å². The fourth-order valence-electron chi connectivity index (χ4n) is 3.06. The van der Waals surface area contributed by atoms with Gasteiger partial charge >= 0.3 is 0 Å². The van der Waals surface area contributed by atoms with Crippen molar-refractivity contribution < 1.29 is 9.59 Å². The molecule has 0 aliphatic carbocycles. The molecule has 0 fully saturated rings. The van der Waals surface area contributed by atoms with Gasteiger partial charge in [-0.3, -0.25) is 9.59 Å². The van der Waals surface area contributed by atoms with E-state index < -0.39 is 0 Å². The first-order chi connectivity index (χ1) is 15.2. The maximum atomic E-state index is 12.3. The molecule has 0 unspecified atom stereocenters. The number of imidazole rings is 1. The van der Waals surface area contributed by atoms with Crippen molar-refractivity contribution in [3.05, 3.63) is 102 Å². The van der Waals surface area contributed by atoms with Gasteiger partial charge in [0.25, 0.3) is 11.8 Å². The van der Waals surface area contributed by atoms with Gasteiger partial charge in [0.2, 0.25) is 0 Å². The summed E-state index contributed by atoms with van der Waals surface area (Å²) in [4.78, 5) is 30.0. The van der Waals surface area contributed by atoms with Crippen LogP contribution in [-0.2, 0) is 5.75 Å². The molecule has 31 heavy (non-hydrogen) atoms. The number of pyridine rings is 1. The third-order valence-corrected chi connectivity index (χ3v) is 5.69. The molecule has 2 N–H and O–H groups in total. The third-order valence-electron chi connectivity index (χ3n) is 4.65. The zero-order valence-corrected chi connectivity index (χ0v) is 17.6. The van der Waals surface area contributed by atoms with E-state index in [1.54, 1.807) is 23.9 Å². The summed E-state index contributed by atoms with van der Waals surface area (Å²) < 4.78 is 2.01. The van der Waals surface area contributed by atoms with Gasteiger partial charge in [-0.25, -0.2) is 4.98 Å². The molecule has 0 bridgehead atoms. The maximum absolute atomic E-state index is 12.3. The Kier molecular flexibility index (Phi) is 6.64. The number of benzene rings is 2. The Balaban J connectivity index is 1.22. The quantitative estimate of drug-likeness (QED) is 0.329. The Labute approximate surface area is 184 Å². The lowest BCUT2D eigenvalue weighted by molar-refractivity contribution is 0.0927. The van der Waals surface area contributed by atoms with Crippen LogP contribution in [0.3, 0.4) is 0 Å². The minimum atomic E-state index is -0.161. The summed E-state index contributed by atoms with van der Waals surface area (Å²) in [5.74, 6) is 0.446. The molecule has 0 aliphatic rings. The maximum Gasteiger partial charge on any atom is 0.251 e. The van der Waals surface area contributed by atoms with Crippen molar-refractivity contribution in [2.75, 3.05) is 13.1 Å². The van der Waals surface area contributed by atoms with Crippen molar-refractivity contribution >= 4 is 29.2 Å². The fourth-order valence-corrected chi connectivity index (χ4v) is 3.84. The van der Waals surface area contributed by atoms with Gasteiger partial charge in [-0.05, 0) is 48.5 Å². The van der Waals surface area contributed by atoms with Gasteiger partial charge in [-0.15, -0.1) is 11.8 Å². The van der Waals surface area contributed by atoms with Gasteiger partial charge < -0.3 is 15.0 Å². The monoisotopic (exact) mass is 430 g/mol.